The highest BCUT2D eigenvalue weighted by atomic mass is 16.6. The number of carbonyl (C=O) groups is 2. The third kappa shape index (κ3) is 4.86. The minimum atomic E-state index is -0.767. The van der Waals surface area contributed by atoms with Crippen LogP contribution < -0.4 is 20.1 Å². The van der Waals surface area contributed by atoms with Crippen molar-refractivity contribution in [1.29, 1.82) is 0 Å². The minimum absolute atomic E-state index is 0.228. The van der Waals surface area contributed by atoms with E-state index in [-0.39, 0.29) is 12.0 Å². The smallest absolute Gasteiger partial charge is 0.313 e. The predicted octanol–water partition coefficient (Wildman–Crippen LogP) is 1.31. The van der Waals surface area contributed by atoms with Crippen LogP contribution in [0.3, 0.4) is 0 Å². The van der Waals surface area contributed by atoms with Crippen LogP contribution in [0.25, 0.3) is 0 Å². The molecule has 3 N–H and O–H groups in total. The summed E-state index contributed by atoms with van der Waals surface area (Å²) in [6.07, 6.45) is -0.175. The topological polar surface area (TPSA) is 96.9 Å². The molecule has 1 atom stereocenters. The van der Waals surface area contributed by atoms with Gasteiger partial charge < -0.3 is 25.2 Å². The van der Waals surface area contributed by atoms with Crippen molar-refractivity contribution < 1.29 is 24.2 Å². The Morgan fingerprint density at radius 2 is 1.83 bits per heavy atom. The highest BCUT2D eigenvalue weighted by Gasteiger charge is 2.22. The summed E-state index contributed by atoms with van der Waals surface area (Å²) in [7, 11) is 0. The van der Waals surface area contributed by atoms with Gasteiger partial charge in [-0.2, -0.15) is 0 Å². The highest BCUT2D eigenvalue weighted by Crippen LogP contribution is 2.32. The Morgan fingerprint density at radius 3 is 2.50 bits per heavy atom. The summed E-state index contributed by atoms with van der Waals surface area (Å²) in [5, 5.41) is 14.9. The first-order valence-corrected chi connectivity index (χ1v) is 7.94. The molecule has 7 heteroatoms. The molecular formula is C17H24N2O5. The summed E-state index contributed by atoms with van der Waals surface area (Å²) >= 11 is 0. The SMILES string of the molecule is CC(C)(C)[C@H](O)CCNC(=O)C(=O)Nc1ccc2c(c1)OCCO2. The van der Waals surface area contributed by atoms with Crippen molar-refractivity contribution in [2.75, 3.05) is 25.1 Å². The van der Waals surface area contributed by atoms with E-state index >= 15 is 0 Å². The number of nitrogens with one attached hydrogen (secondary N) is 2. The number of aliphatic hydroxyl groups is 1. The molecule has 132 valence electrons. The monoisotopic (exact) mass is 336 g/mol. The van der Waals surface area contributed by atoms with E-state index in [1.165, 1.54) is 0 Å². The molecule has 1 aromatic rings. The van der Waals surface area contributed by atoms with Gasteiger partial charge in [-0.15, -0.1) is 0 Å². The summed E-state index contributed by atoms with van der Waals surface area (Å²) < 4.78 is 10.8. The maximum absolute atomic E-state index is 11.9. The van der Waals surface area contributed by atoms with Gasteiger partial charge in [0.15, 0.2) is 11.5 Å². The van der Waals surface area contributed by atoms with Gasteiger partial charge in [-0.25, -0.2) is 0 Å². The molecule has 1 aliphatic rings. The number of benzene rings is 1. The Morgan fingerprint density at radius 1 is 1.17 bits per heavy atom. The van der Waals surface area contributed by atoms with Gasteiger partial charge in [0.1, 0.15) is 13.2 Å². The third-order valence-corrected chi connectivity index (χ3v) is 3.71. The number of carbonyl (C=O) groups excluding carboxylic acids is 2. The van der Waals surface area contributed by atoms with Crippen LogP contribution in [0.2, 0.25) is 0 Å². The number of hydrogen-bond acceptors (Lipinski definition) is 5. The molecular weight excluding hydrogens is 312 g/mol. The van der Waals surface area contributed by atoms with Gasteiger partial charge in [0.05, 0.1) is 6.10 Å². The molecule has 7 nitrogen and oxygen atoms in total. The van der Waals surface area contributed by atoms with Crippen molar-refractivity contribution in [3.63, 3.8) is 0 Å². The second kappa shape index (κ2) is 7.53. The van der Waals surface area contributed by atoms with Crippen LogP contribution in [-0.2, 0) is 9.59 Å². The fourth-order valence-electron chi connectivity index (χ4n) is 2.14. The molecule has 2 rings (SSSR count). The molecule has 0 radical (unpaired) electrons. The highest BCUT2D eigenvalue weighted by molar-refractivity contribution is 6.39. The number of fused-ring (bicyclic) bond motifs is 1. The Bertz CT molecular complexity index is 609. The largest absolute Gasteiger partial charge is 0.486 e. The maximum atomic E-state index is 11.9. The number of hydrogen-bond donors (Lipinski definition) is 3. The standard InChI is InChI=1S/C17H24N2O5/c1-17(2,3)14(20)6-7-18-15(21)16(22)19-11-4-5-12-13(10-11)24-9-8-23-12/h4-5,10,14,20H,6-9H2,1-3H3,(H,18,21)(H,19,22)/t14-/m1/s1. The fourth-order valence-corrected chi connectivity index (χ4v) is 2.14. The Hall–Kier alpha value is -2.28. The zero-order valence-electron chi connectivity index (χ0n) is 14.2. The molecule has 0 fully saturated rings. The van der Waals surface area contributed by atoms with Crippen molar-refractivity contribution in [1.82, 2.24) is 5.32 Å². The number of amides is 2. The maximum Gasteiger partial charge on any atom is 0.313 e. The Balaban J connectivity index is 1.82. The van der Waals surface area contributed by atoms with Crippen LogP contribution >= 0.6 is 0 Å². The molecule has 0 aliphatic carbocycles. The lowest BCUT2D eigenvalue weighted by atomic mass is 9.87. The van der Waals surface area contributed by atoms with E-state index in [4.69, 9.17) is 9.47 Å². The molecule has 24 heavy (non-hydrogen) atoms. The summed E-state index contributed by atoms with van der Waals surface area (Å²) in [4.78, 5) is 23.7. The van der Waals surface area contributed by atoms with Crippen molar-refractivity contribution in [2.24, 2.45) is 5.41 Å². The molecule has 0 spiro atoms. The van der Waals surface area contributed by atoms with E-state index in [9.17, 15) is 14.7 Å². The van der Waals surface area contributed by atoms with Gasteiger partial charge in [-0.3, -0.25) is 9.59 Å². The molecule has 1 aromatic carbocycles. The number of anilines is 1. The van der Waals surface area contributed by atoms with E-state index in [0.29, 0.717) is 36.8 Å². The van der Waals surface area contributed by atoms with Crippen molar-refractivity contribution in [3.05, 3.63) is 18.2 Å². The molecule has 0 unspecified atom stereocenters. The van der Waals surface area contributed by atoms with E-state index in [0.717, 1.165) is 0 Å². The number of aliphatic hydroxyl groups excluding tert-OH is 1. The average Bonchev–Trinajstić information content (AvgIpc) is 2.53. The van der Waals surface area contributed by atoms with Gasteiger partial charge in [0.25, 0.3) is 0 Å². The molecule has 1 aliphatic heterocycles. The third-order valence-electron chi connectivity index (χ3n) is 3.71. The predicted molar refractivity (Wildman–Crippen MR) is 89.2 cm³/mol. The van der Waals surface area contributed by atoms with Crippen LogP contribution in [0.4, 0.5) is 5.69 Å². The second-order valence-corrected chi connectivity index (χ2v) is 6.74. The van der Waals surface area contributed by atoms with Crippen LogP contribution in [0.15, 0.2) is 18.2 Å². The first-order chi connectivity index (χ1) is 11.3. The van der Waals surface area contributed by atoms with Gasteiger partial charge in [-0.1, -0.05) is 20.8 Å². The summed E-state index contributed by atoms with van der Waals surface area (Å²) in [6, 6.07) is 4.94. The second-order valence-electron chi connectivity index (χ2n) is 6.74. The van der Waals surface area contributed by atoms with Gasteiger partial charge >= 0.3 is 11.8 Å². The number of rotatable bonds is 4. The quantitative estimate of drug-likeness (QED) is 0.720. The molecule has 0 saturated heterocycles. The normalized spacial score (nSPS) is 14.7. The summed E-state index contributed by atoms with van der Waals surface area (Å²) in [5.74, 6) is -0.365. The first-order valence-electron chi connectivity index (χ1n) is 7.94. The average molecular weight is 336 g/mol. The molecule has 0 bridgehead atoms. The summed E-state index contributed by atoms with van der Waals surface area (Å²) in [5.41, 5.74) is 0.187. The van der Waals surface area contributed by atoms with Gasteiger partial charge in [0, 0.05) is 18.3 Å². The molecule has 0 aromatic heterocycles. The molecule has 1 heterocycles. The zero-order chi connectivity index (χ0) is 17.7. The molecule has 0 saturated carbocycles. The van der Waals surface area contributed by atoms with E-state index in [2.05, 4.69) is 10.6 Å². The number of ether oxygens (including phenoxy) is 2. The van der Waals surface area contributed by atoms with Crippen LogP contribution in [0.1, 0.15) is 27.2 Å². The Kier molecular flexibility index (Phi) is 5.66. The van der Waals surface area contributed by atoms with Crippen molar-refractivity contribution in [2.45, 2.75) is 33.3 Å². The van der Waals surface area contributed by atoms with Crippen LogP contribution in [0.5, 0.6) is 11.5 Å². The van der Waals surface area contributed by atoms with Crippen molar-refractivity contribution >= 4 is 17.5 Å². The van der Waals surface area contributed by atoms with E-state index in [1.54, 1.807) is 18.2 Å². The fraction of sp³-hybridized carbons (Fsp3) is 0.529. The lowest BCUT2D eigenvalue weighted by Crippen LogP contribution is -2.38. The van der Waals surface area contributed by atoms with Crippen LogP contribution in [0, 0.1) is 5.41 Å². The minimum Gasteiger partial charge on any atom is -0.486 e. The van der Waals surface area contributed by atoms with E-state index in [1.807, 2.05) is 20.8 Å². The van der Waals surface area contributed by atoms with Gasteiger partial charge in [-0.05, 0) is 24.0 Å². The molecule has 2 amide bonds. The summed E-state index contributed by atoms with van der Waals surface area (Å²) in [6.45, 7) is 6.89. The zero-order valence-corrected chi connectivity index (χ0v) is 14.2. The Labute approximate surface area is 141 Å². The first kappa shape index (κ1) is 18.1. The lowest BCUT2D eigenvalue weighted by Gasteiger charge is -2.25. The van der Waals surface area contributed by atoms with Gasteiger partial charge in [0.2, 0.25) is 0 Å². The lowest BCUT2D eigenvalue weighted by molar-refractivity contribution is -0.136. The van der Waals surface area contributed by atoms with E-state index < -0.39 is 17.9 Å². The van der Waals surface area contributed by atoms with Crippen LogP contribution in [-0.4, -0.2) is 42.8 Å². The van der Waals surface area contributed by atoms with Crippen molar-refractivity contribution in [3.8, 4) is 11.5 Å².